The highest BCUT2D eigenvalue weighted by Gasteiger charge is 2.43. The second-order valence-corrected chi connectivity index (χ2v) is 20.3. The normalized spacial score (nSPS) is 26.0. The van der Waals surface area contributed by atoms with Crippen LogP contribution < -0.4 is 15.1 Å². The lowest BCUT2D eigenvalue weighted by Gasteiger charge is -2.47. The fourth-order valence-electron chi connectivity index (χ4n) is 12.1. The van der Waals surface area contributed by atoms with Crippen molar-refractivity contribution in [2.75, 3.05) is 62.2 Å². The molecule has 7 heterocycles. The number of amides is 3. The van der Waals surface area contributed by atoms with Crippen LogP contribution in [0.5, 0.6) is 0 Å². The van der Waals surface area contributed by atoms with Crippen LogP contribution in [0.25, 0.3) is 5.57 Å². The summed E-state index contributed by atoms with van der Waals surface area (Å²) in [7, 11) is 0. The van der Waals surface area contributed by atoms with Gasteiger partial charge >= 0.3 is 0 Å². The number of halogens is 1. The highest BCUT2D eigenvalue weighted by molar-refractivity contribution is 6.05. The number of nitrogens with one attached hydrogen (secondary N) is 1. The molecule has 6 aliphatic heterocycles. The third-order valence-electron chi connectivity index (χ3n) is 15.7. The van der Waals surface area contributed by atoms with Gasteiger partial charge in [0.25, 0.3) is 5.91 Å². The smallest absolute Gasteiger partial charge is 0.255 e. The molecule has 1 aliphatic carbocycles. The molecular weight excluding hydrogens is 780 g/mol. The molecule has 1 spiro atoms. The second kappa shape index (κ2) is 16.5. The van der Waals surface area contributed by atoms with E-state index < -0.39 is 11.7 Å². The summed E-state index contributed by atoms with van der Waals surface area (Å²) in [6, 6.07) is 14.5. The zero-order chi connectivity index (χ0) is 42.8. The van der Waals surface area contributed by atoms with Gasteiger partial charge in [0.1, 0.15) is 11.7 Å². The third kappa shape index (κ3) is 8.06. The summed E-state index contributed by atoms with van der Waals surface area (Å²) in [4.78, 5) is 58.9. The largest absolute Gasteiger partial charge is 0.372 e. The lowest BCUT2D eigenvalue weighted by Crippen LogP contribution is -2.52. The van der Waals surface area contributed by atoms with Crippen LogP contribution in [0.1, 0.15) is 124 Å². The molecule has 4 fully saturated rings. The van der Waals surface area contributed by atoms with E-state index in [1.54, 1.807) is 18.7 Å². The first-order valence-electron chi connectivity index (χ1n) is 23.5. The van der Waals surface area contributed by atoms with Gasteiger partial charge in [-0.3, -0.25) is 24.6 Å². The van der Waals surface area contributed by atoms with Crippen LogP contribution in [0.4, 0.5) is 16.0 Å². The van der Waals surface area contributed by atoms with E-state index in [0.29, 0.717) is 30.5 Å². The number of imide groups is 1. The maximum atomic E-state index is 15.3. The Morgan fingerprint density at radius 3 is 2.31 bits per heavy atom. The Morgan fingerprint density at radius 1 is 0.855 bits per heavy atom. The molecule has 0 bridgehead atoms. The van der Waals surface area contributed by atoms with E-state index in [9.17, 15) is 14.4 Å². The Bertz CT molecular complexity index is 2230. The number of aromatic nitrogens is 2. The van der Waals surface area contributed by atoms with Crippen molar-refractivity contribution in [1.82, 2.24) is 30.0 Å². The van der Waals surface area contributed by atoms with Crippen molar-refractivity contribution < 1.29 is 18.8 Å². The molecular formula is C50H63FN8O3. The van der Waals surface area contributed by atoms with E-state index in [1.165, 1.54) is 86.9 Å². The Balaban J connectivity index is 0.686. The van der Waals surface area contributed by atoms with E-state index in [1.807, 2.05) is 18.5 Å². The number of benzene rings is 2. The average molecular weight is 843 g/mol. The molecule has 3 amide bonds. The third-order valence-corrected chi connectivity index (χ3v) is 15.7. The van der Waals surface area contributed by atoms with E-state index >= 15 is 4.39 Å². The quantitative estimate of drug-likeness (QED) is 0.226. The van der Waals surface area contributed by atoms with E-state index in [-0.39, 0.29) is 36.2 Å². The minimum Gasteiger partial charge on any atom is -0.372 e. The van der Waals surface area contributed by atoms with Crippen LogP contribution in [-0.2, 0) is 22.6 Å². The second-order valence-electron chi connectivity index (χ2n) is 20.3. The molecule has 2 aromatic carbocycles. The van der Waals surface area contributed by atoms with Crippen LogP contribution in [0, 0.1) is 11.3 Å². The van der Waals surface area contributed by atoms with Gasteiger partial charge in [0.2, 0.25) is 17.8 Å². The van der Waals surface area contributed by atoms with Gasteiger partial charge in [-0.1, -0.05) is 24.3 Å². The summed E-state index contributed by atoms with van der Waals surface area (Å²) in [5.74, 6) is 0.800. The SMILES string of the molecule is C[C@@H]1CC2=C(Cc3ccccc32)[C@@H](c2cnc(N3CCC4(CCN(CCC5CCN(c6ccc7c(c6)CN(C6CCC(=O)NC6=O)C7=O)CC5)CC4)CC3)nc2)N1CC(C)(C)F. The predicted octanol–water partition coefficient (Wildman–Crippen LogP) is 7.12. The number of likely N-dealkylation sites (tertiary alicyclic amines) is 1. The first-order chi connectivity index (χ1) is 29.9. The number of carbonyl (C=O) groups is 3. The van der Waals surface area contributed by atoms with Gasteiger partial charge in [0.15, 0.2) is 0 Å². The molecule has 10 rings (SSSR count). The molecule has 3 atom stereocenters. The number of hydrogen-bond donors (Lipinski definition) is 1. The van der Waals surface area contributed by atoms with Crippen molar-refractivity contribution in [2.45, 2.75) is 122 Å². The standard InChI is InChI=1S/C50H63FN8O3/c1-33-26-41-39-7-5-4-6-35(39)28-42(41)45(59(33)32-49(2,3)51)37-29-52-48(53-30-37)57-24-17-50(18-25-57)15-22-55(23-16-50)19-12-34-13-20-56(21-14-34)38-8-9-40-36(27-38)31-58(47(40)62)43-10-11-44(60)54-46(43)61/h4-9,27,29-30,33-34,43,45H,10-26,28,31-32H2,1-3H3,(H,54,60,61)/t33-,43?,45-/m1/s1. The summed E-state index contributed by atoms with van der Waals surface area (Å²) >= 11 is 0. The Morgan fingerprint density at radius 2 is 1.58 bits per heavy atom. The minimum atomic E-state index is -1.31. The molecule has 1 aromatic heterocycles. The first kappa shape index (κ1) is 41.3. The number of nitrogens with zero attached hydrogens (tertiary/aromatic N) is 7. The monoisotopic (exact) mass is 843 g/mol. The van der Waals surface area contributed by atoms with Gasteiger partial charge in [-0.15, -0.1) is 0 Å². The summed E-state index contributed by atoms with van der Waals surface area (Å²) in [6.07, 6.45) is 15.0. The van der Waals surface area contributed by atoms with Crippen LogP contribution >= 0.6 is 0 Å². The molecule has 0 saturated carbocycles. The Kier molecular flexibility index (Phi) is 11.0. The van der Waals surface area contributed by atoms with Crippen molar-refractivity contribution in [3.8, 4) is 0 Å². The fourth-order valence-corrected chi connectivity index (χ4v) is 12.1. The lowest BCUT2D eigenvalue weighted by molar-refractivity contribution is -0.136. The summed E-state index contributed by atoms with van der Waals surface area (Å²) in [5, 5.41) is 2.40. The molecule has 0 radical (unpaired) electrons. The van der Waals surface area contributed by atoms with Crippen LogP contribution in [-0.4, -0.2) is 112 Å². The zero-order valence-corrected chi connectivity index (χ0v) is 36.9. The van der Waals surface area contributed by atoms with E-state index in [0.717, 1.165) is 67.7 Å². The Labute approximate surface area is 366 Å². The number of alkyl halides is 1. The van der Waals surface area contributed by atoms with Crippen LogP contribution in [0.3, 0.4) is 0 Å². The molecule has 62 heavy (non-hydrogen) atoms. The van der Waals surface area contributed by atoms with Crippen LogP contribution in [0.2, 0.25) is 0 Å². The number of piperidine rings is 4. The molecule has 3 aromatic rings. The van der Waals surface area contributed by atoms with Crippen molar-refractivity contribution in [2.24, 2.45) is 11.3 Å². The van der Waals surface area contributed by atoms with Gasteiger partial charge in [-0.2, -0.15) is 0 Å². The first-order valence-corrected chi connectivity index (χ1v) is 23.5. The maximum absolute atomic E-state index is 15.3. The zero-order valence-electron chi connectivity index (χ0n) is 36.9. The number of hydrogen-bond acceptors (Lipinski definition) is 9. The van der Waals surface area contributed by atoms with Gasteiger partial charge in [-0.25, -0.2) is 14.4 Å². The molecule has 1 unspecified atom stereocenters. The van der Waals surface area contributed by atoms with E-state index in [4.69, 9.17) is 9.97 Å². The Hall–Kier alpha value is -4.68. The van der Waals surface area contributed by atoms with Crippen LogP contribution in [0.15, 0.2) is 60.4 Å². The van der Waals surface area contributed by atoms with Crippen molar-refractivity contribution >= 4 is 34.9 Å². The molecule has 7 aliphatic rings. The lowest BCUT2D eigenvalue weighted by atomic mass is 9.71. The van der Waals surface area contributed by atoms with Gasteiger partial charge < -0.3 is 19.6 Å². The minimum absolute atomic E-state index is 0.0275. The molecule has 11 nitrogen and oxygen atoms in total. The van der Waals surface area contributed by atoms with Gasteiger partial charge in [-0.05, 0) is 162 Å². The molecule has 1 N–H and O–H groups in total. The van der Waals surface area contributed by atoms with Crippen molar-refractivity contribution in [1.29, 1.82) is 0 Å². The van der Waals surface area contributed by atoms with Crippen molar-refractivity contribution in [3.05, 3.63) is 88.2 Å². The summed E-state index contributed by atoms with van der Waals surface area (Å²) in [5.41, 5.74) is 8.52. The van der Waals surface area contributed by atoms with Gasteiger partial charge in [0.05, 0.1) is 6.04 Å². The predicted molar refractivity (Wildman–Crippen MR) is 239 cm³/mol. The fraction of sp³-hybridized carbons (Fsp3) is 0.580. The highest BCUT2D eigenvalue weighted by atomic mass is 19.1. The summed E-state index contributed by atoms with van der Waals surface area (Å²) < 4.78 is 15.3. The topological polar surface area (TPSA) is 105 Å². The number of fused-ring (bicyclic) bond motifs is 3. The summed E-state index contributed by atoms with van der Waals surface area (Å²) in [6.45, 7) is 14.0. The van der Waals surface area contributed by atoms with Gasteiger partial charge in [0, 0.05) is 80.9 Å². The molecule has 328 valence electrons. The van der Waals surface area contributed by atoms with Crippen molar-refractivity contribution in [3.63, 3.8) is 0 Å². The number of rotatable bonds is 9. The average Bonchev–Trinajstić information content (AvgIpc) is 3.80. The molecule has 4 saturated heterocycles. The molecule has 12 heteroatoms. The number of anilines is 2. The number of carbonyl (C=O) groups excluding carboxylic acids is 3. The maximum Gasteiger partial charge on any atom is 0.255 e. The highest BCUT2D eigenvalue weighted by Crippen LogP contribution is 2.49. The van der Waals surface area contributed by atoms with E-state index in [2.05, 4.69) is 68.2 Å².